The van der Waals surface area contributed by atoms with Gasteiger partial charge in [-0.1, -0.05) is 17.7 Å². The summed E-state index contributed by atoms with van der Waals surface area (Å²) in [5, 5.41) is 9.35. The molecule has 1 N–H and O–H groups in total. The summed E-state index contributed by atoms with van der Waals surface area (Å²) in [7, 11) is -3.42. The van der Waals surface area contributed by atoms with Crippen molar-refractivity contribution >= 4 is 27.4 Å². The Morgan fingerprint density at radius 3 is 2.58 bits per heavy atom. The molecule has 0 radical (unpaired) electrons. The molecular formula is C13H15ClO4S. The van der Waals surface area contributed by atoms with Crippen LogP contribution in [0.2, 0.25) is 5.02 Å². The Kier molecular flexibility index (Phi) is 3.87. The molecule has 4 nitrogen and oxygen atoms in total. The molecule has 1 fully saturated rings. The molecule has 19 heavy (non-hydrogen) atoms. The van der Waals surface area contributed by atoms with Crippen molar-refractivity contribution in [1.29, 1.82) is 0 Å². The Labute approximate surface area is 117 Å². The highest BCUT2D eigenvalue weighted by Gasteiger charge is 2.37. The third-order valence-corrected chi connectivity index (χ3v) is 4.85. The Hall–Kier alpha value is -1.07. The number of aliphatic carboxylic acids is 1. The number of hydrogen-bond donors (Lipinski definition) is 1. The molecule has 1 aliphatic carbocycles. The molecule has 104 valence electrons. The van der Waals surface area contributed by atoms with Crippen LogP contribution in [0.15, 0.2) is 23.1 Å². The zero-order chi connectivity index (χ0) is 14.2. The van der Waals surface area contributed by atoms with E-state index < -0.39 is 15.8 Å². The van der Waals surface area contributed by atoms with Gasteiger partial charge in [0.1, 0.15) is 0 Å². The van der Waals surface area contributed by atoms with E-state index in [1.807, 2.05) is 0 Å². The highest BCUT2D eigenvalue weighted by Crippen LogP contribution is 2.48. The van der Waals surface area contributed by atoms with E-state index in [0.29, 0.717) is 10.6 Å². The Morgan fingerprint density at radius 2 is 2.11 bits per heavy atom. The highest BCUT2D eigenvalue weighted by atomic mass is 35.5. The van der Waals surface area contributed by atoms with Gasteiger partial charge in [0, 0.05) is 11.3 Å². The minimum atomic E-state index is -3.42. The number of carboxylic acid groups (broad SMARTS) is 1. The molecule has 0 spiro atoms. The first-order valence-corrected chi connectivity index (χ1v) is 8.28. The van der Waals surface area contributed by atoms with Crippen LogP contribution < -0.4 is 0 Å². The zero-order valence-corrected chi connectivity index (χ0v) is 12.0. The van der Waals surface area contributed by atoms with E-state index in [1.54, 1.807) is 12.1 Å². The molecule has 1 saturated carbocycles. The van der Waals surface area contributed by atoms with Crippen LogP contribution in [0.4, 0.5) is 0 Å². The number of halogens is 1. The Balaban J connectivity index is 2.55. The van der Waals surface area contributed by atoms with Crippen LogP contribution in [0.5, 0.6) is 0 Å². The van der Waals surface area contributed by atoms with E-state index in [0.717, 1.165) is 19.1 Å². The van der Waals surface area contributed by atoms with Gasteiger partial charge in [-0.15, -0.1) is 0 Å². The second kappa shape index (κ2) is 5.13. The predicted molar refractivity (Wildman–Crippen MR) is 72.3 cm³/mol. The van der Waals surface area contributed by atoms with Crippen molar-refractivity contribution < 1.29 is 18.3 Å². The van der Waals surface area contributed by atoms with Crippen LogP contribution >= 0.6 is 11.6 Å². The fourth-order valence-corrected chi connectivity index (χ4v) is 3.75. The topological polar surface area (TPSA) is 71.4 Å². The highest BCUT2D eigenvalue weighted by molar-refractivity contribution is 7.90. The normalized spacial score (nSPS) is 17.2. The summed E-state index contributed by atoms with van der Waals surface area (Å²) in [6.07, 6.45) is 2.88. The van der Waals surface area contributed by atoms with E-state index in [9.17, 15) is 13.2 Å². The fraction of sp³-hybridized carbons (Fsp3) is 0.462. The maximum atomic E-state index is 11.8. The van der Waals surface area contributed by atoms with E-state index in [2.05, 4.69) is 0 Å². The monoisotopic (exact) mass is 302 g/mol. The van der Waals surface area contributed by atoms with Crippen LogP contribution in [-0.2, 0) is 14.6 Å². The lowest BCUT2D eigenvalue weighted by atomic mass is 9.91. The minimum Gasteiger partial charge on any atom is -0.481 e. The number of benzene rings is 1. The van der Waals surface area contributed by atoms with Crippen LogP contribution in [0.1, 0.15) is 30.7 Å². The second-order valence-electron chi connectivity index (χ2n) is 4.97. The van der Waals surface area contributed by atoms with Crippen molar-refractivity contribution in [3.8, 4) is 0 Å². The third kappa shape index (κ3) is 3.28. The lowest BCUT2D eigenvalue weighted by Crippen LogP contribution is -2.13. The molecule has 1 aromatic carbocycles. The van der Waals surface area contributed by atoms with Gasteiger partial charge in [-0.05, 0) is 42.4 Å². The van der Waals surface area contributed by atoms with Crippen LogP contribution in [0.25, 0.3) is 0 Å². The first-order chi connectivity index (χ1) is 8.80. The second-order valence-corrected chi connectivity index (χ2v) is 7.36. The van der Waals surface area contributed by atoms with Crippen molar-refractivity contribution in [2.75, 3.05) is 6.26 Å². The summed E-state index contributed by atoms with van der Waals surface area (Å²) >= 11 is 6.13. The van der Waals surface area contributed by atoms with Crippen molar-refractivity contribution in [2.24, 2.45) is 5.92 Å². The summed E-state index contributed by atoms with van der Waals surface area (Å²) in [5.41, 5.74) is 0.469. The van der Waals surface area contributed by atoms with Gasteiger partial charge in [-0.3, -0.25) is 4.79 Å². The summed E-state index contributed by atoms with van der Waals surface area (Å²) in [6, 6.07) is 4.68. The Bertz CT molecular complexity index is 605. The number of rotatable bonds is 5. The molecule has 0 heterocycles. The van der Waals surface area contributed by atoms with Crippen molar-refractivity contribution in [3.63, 3.8) is 0 Å². The molecule has 0 saturated heterocycles. The number of hydrogen-bond acceptors (Lipinski definition) is 3. The van der Waals surface area contributed by atoms with Gasteiger partial charge in [0.25, 0.3) is 0 Å². The van der Waals surface area contributed by atoms with Gasteiger partial charge in [0.2, 0.25) is 0 Å². The predicted octanol–water partition coefficient (Wildman–Crippen LogP) is 2.71. The van der Waals surface area contributed by atoms with Gasteiger partial charge in [-0.25, -0.2) is 8.42 Å². The van der Waals surface area contributed by atoms with E-state index in [4.69, 9.17) is 16.7 Å². The van der Waals surface area contributed by atoms with E-state index >= 15 is 0 Å². The lowest BCUT2D eigenvalue weighted by Gasteiger charge is -2.19. The van der Waals surface area contributed by atoms with Crippen LogP contribution in [0.3, 0.4) is 0 Å². The van der Waals surface area contributed by atoms with E-state index in [1.165, 1.54) is 6.07 Å². The number of sulfone groups is 1. The quantitative estimate of drug-likeness (QED) is 0.908. The number of carboxylic acids is 1. The standard InChI is InChI=1S/C13H15ClO4S/c1-19(17,18)11-4-2-3-10(14)13(11)9(7-12(15)16)8-5-6-8/h2-4,8-9H,5-7H2,1H3,(H,15,16). The number of carbonyl (C=O) groups is 1. The molecule has 0 amide bonds. The first kappa shape index (κ1) is 14.3. The van der Waals surface area contributed by atoms with Crippen LogP contribution in [-0.4, -0.2) is 25.7 Å². The smallest absolute Gasteiger partial charge is 0.303 e. The average molecular weight is 303 g/mol. The molecular weight excluding hydrogens is 288 g/mol. The minimum absolute atomic E-state index is 0.0864. The summed E-state index contributed by atoms with van der Waals surface area (Å²) in [4.78, 5) is 11.1. The molecule has 0 aromatic heterocycles. The maximum absolute atomic E-state index is 11.8. The molecule has 1 aliphatic rings. The van der Waals surface area contributed by atoms with Gasteiger partial charge in [0.05, 0.1) is 11.3 Å². The van der Waals surface area contributed by atoms with E-state index in [-0.39, 0.29) is 23.2 Å². The summed E-state index contributed by atoms with van der Waals surface area (Å²) < 4.78 is 23.7. The fourth-order valence-electron chi connectivity index (χ4n) is 2.39. The third-order valence-electron chi connectivity index (χ3n) is 3.37. The Morgan fingerprint density at radius 1 is 1.47 bits per heavy atom. The van der Waals surface area contributed by atoms with Gasteiger partial charge >= 0.3 is 5.97 Å². The van der Waals surface area contributed by atoms with Crippen molar-refractivity contribution in [2.45, 2.75) is 30.1 Å². The van der Waals surface area contributed by atoms with Crippen molar-refractivity contribution in [1.82, 2.24) is 0 Å². The van der Waals surface area contributed by atoms with Crippen LogP contribution in [0, 0.1) is 5.92 Å². The zero-order valence-electron chi connectivity index (χ0n) is 10.5. The van der Waals surface area contributed by atoms with Crippen molar-refractivity contribution in [3.05, 3.63) is 28.8 Å². The summed E-state index contributed by atoms with van der Waals surface area (Å²) in [5.74, 6) is -1.04. The molecule has 0 aliphatic heterocycles. The lowest BCUT2D eigenvalue weighted by molar-refractivity contribution is -0.137. The molecule has 1 unspecified atom stereocenters. The largest absolute Gasteiger partial charge is 0.481 e. The molecule has 6 heteroatoms. The van der Waals surface area contributed by atoms with Gasteiger partial charge in [0.15, 0.2) is 9.84 Å². The summed E-state index contributed by atoms with van der Waals surface area (Å²) in [6.45, 7) is 0. The molecule has 0 bridgehead atoms. The molecule has 1 aromatic rings. The average Bonchev–Trinajstić information content (AvgIpc) is 3.08. The first-order valence-electron chi connectivity index (χ1n) is 6.01. The van der Waals surface area contributed by atoms with Gasteiger partial charge < -0.3 is 5.11 Å². The molecule has 2 rings (SSSR count). The SMILES string of the molecule is CS(=O)(=O)c1cccc(Cl)c1C(CC(=O)O)C1CC1. The molecule has 1 atom stereocenters. The van der Waals surface area contributed by atoms with Gasteiger partial charge in [-0.2, -0.15) is 0 Å². The maximum Gasteiger partial charge on any atom is 0.303 e.